The first-order valence-electron chi connectivity index (χ1n) is 12.6. The minimum atomic E-state index is -6.00. The lowest BCUT2D eigenvalue weighted by atomic mass is 9.70. The molecule has 0 atom stereocenters. The van der Waals surface area contributed by atoms with Crippen LogP contribution in [0.25, 0.3) is 0 Å². The minimum Gasteiger partial charge on any atom is -0.493 e. The summed E-state index contributed by atoms with van der Waals surface area (Å²) in [6.07, 6.45) is -10.6. The maximum Gasteiger partial charge on any atom is 0.438 e. The van der Waals surface area contributed by atoms with Gasteiger partial charge in [-0.1, -0.05) is 44.0 Å². The SMILES string of the molecule is CCC(CC)(c1ccc(C#CC(O)(C(F)(F)F)C(F)(F)F)c(C)c1)c1ccc(OCC2COCOC2)c(C)c1. The van der Waals surface area contributed by atoms with Crippen LogP contribution in [0, 0.1) is 31.6 Å². The molecule has 1 aliphatic heterocycles. The molecule has 2 aromatic rings. The van der Waals surface area contributed by atoms with Crippen molar-refractivity contribution in [3.05, 3.63) is 64.2 Å². The predicted molar refractivity (Wildman–Crippen MR) is 133 cm³/mol. The number of rotatable bonds is 7. The molecule has 39 heavy (non-hydrogen) atoms. The normalized spacial score (nSPS) is 15.6. The van der Waals surface area contributed by atoms with Gasteiger partial charge in [-0.15, -0.1) is 0 Å². The molecule has 1 saturated heterocycles. The molecular formula is C29H32F6O4. The highest BCUT2D eigenvalue weighted by atomic mass is 19.4. The zero-order valence-electron chi connectivity index (χ0n) is 22.2. The van der Waals surface area contributed by atoms with Gasteiger partial charge in [-0.25, -0.2) is 0 Å². The van der Waals surface area contributed by atoms with Crippen LogP contribution in [0.1, 0.15) is 54.5 Å². The molecule has 1 heterocycles. The smallest absolute Gasteiger partial charge is 0.438 e. The van der Waals surface area contributed by atoms with Crippen LogP contribution in [0.4, 0.5) is 26.3 Å². The van der Waals surface area contributed by atoms with E-state index in [1.54, 1.807) is 19.1 Å². The number of alkyl halides is 6. The van der Waals surface area contributed by atoms with E-state index in [-0.39, 0.29) is 18.3 Å². The minimum absolute atomic E-state index is 0.0395. The van der Waals surface area contributed by atoms with Gasteiger partial charge in [0, 0.05) is 16.9 Å². The van der Waals surface area contributed by atoms with Gasteiger partial charge in [-0.2, -0.15) is 26.3 Å². The van der Waals surface area contributed by atoms with E-state index in [1.807, 2.05) is 44.9 Å². The van der Waals surface area contributed by atoms with Crippen LogP contribution in [-0.4, -0.2) is 49.7 Å². The Morgan fingerprint density at radius 3 is 1.90 bits per heavy atom. The highest BCUT2D eigenvalue weighted by molar-refractivity contribution is 5.50. The number of ether oxygens (including phenoxy) is 3. The Labute approximate surface area is 224 Å². The summed E-state index contributed by atoms with van der Waals surface area (Å²) in [4.78, 5) is 0. The second-order valence-electron chi connectivity index (χ2n) is 9.79. The summed E-state index contributed by atoms with van der Waals surface area (Å²) in [5, 5.41) is 9.36. The number of aliphatic hydroxyl groups is 1. The van der Waals surface area contributed by atoms with Crippen LogP contribution < -0.4 is 4.74 Å². The molecule has 0 radical (unpaired) electrons. The Bertz CT molecular complexity index is 1180. The molecule has 0 spiro atoms. The molecule has 4 nitrogen and oxygen atoms in total. The highest BCUT2D eigenvalue weighted by Gasteiger charge is 2.70. The van der Waals surface area contributed by atoms with Crippen LogP contribution in [0.2, 0.25) is 0 Å². The van der Waals surface area contributed by atoms with E-state index < -0.39 is 23.4 Å². The Morgan fingerprint density at radius 2 is 1.41 bits per heavy atom. The topological polar surface area (TPSA) is 47.9 Å². The van der Waals surface area contributed by atoms with E-state index >= 15 is 0 Å². The molecule has 214 valence electrons. The summed E-state index contributed by atoms with van der Waals surface area (Å²) in [7, 11) is 0. The van der Waals surface area contributed by atoms with Gasteiger partial charge in [0.15, 0.2) is 0 Å². The number of benzene rings is 2. The predicted octanol–water partition coefficient (Wildman–Crippen LogP) is 6.62. The van der Waals surface area contributed by atoms with Crippen molar-refractivity contribution in [2.45, 2.75) is 63.9 Å². The molecule has 1 fully saturated rings. The van der Waals surface area contributed by atoms with Crippen molar-refractivity contribution >= 4 is 0 Å². The van der Waals surface area contributed by atoms with Crippen molar-refractivity contribution in [1.82, 2.24) is 0 Å². The maximum atomic E-state index is 13.0. The van der Waals surface area contributed by atoms with E-state index in [0.29, 0.717) is 38.2 Å². The van der Waals surface area contributed by atoms with E-state index in [1.165, 1.54) is 6.07 Å². The van der Waals surface area contributed by atoms with Crippen LogP contribution in [0.3, 0.4) is 0 Å². The molecule has 2 aromatic carbocycles. The molecule has 0 aromatic heterocycles. The average molecular weight is 559 g/mol. The van der Waals surface area contributed by atoms with Gasteiger partial charge in [-0.3, -0.25) is 0 Å². The first-order chi connectivity index (χ1) is 18.2. The van der Waals surface area contributed by atoms with E-state index in [0.717, 1.165) is 28.4 Å². The molecule has 0 bridgehead atoms. The summed E-state index contributed by atoms with van der Waals surface area (Å²) >= 11 is 0. The Hall–Kier alpha value is -2.74. The van der Waals surface area contributed by atoms with Gasteiger partial charge >= 0.3 is 18.0 Å². The molecule has 1 N–H and O–H groups in total. The van der Waals surface area contributed by atoms with E-state index in [2.05, 4.69) is 0 Å². The monoisotopic (exact) mass is 558 g/mol. The lowest BCUT2D eigenvalue weighted by Gasteiger charge is -2.34. The summed E-state index contributed by atoms with van der Waals surface area (Å²) in [6, 6.07) is 10.7. The van der Waals surface area contributed by atoms with Crippen LogP contribution in [0.5, 0.6) is 5.75 Å². The van der Waals surface area contributed by atoms with Crippen molar-refractivity contribution in [2.24, 2.45) is 5.92 Å². The van der Waals surface area contributed by atoms with Crippen molar-refractivity contribution in [1.29, 1.82) is 0 Å². The van der Waals surface area contributed by atoms with Crippen LogP contribution >= 0.6 is 0 Å². The fourth-order valence-electron chi connectivity index (χ4n) is 4.74. The summed E-state index contributed by atoms with van der Waals surface area (Å²) in [5.41, 5.74) is -2.46. The molecule has 3 rings (SSSR count). The number of hydrogen-bond acceptors (Lipinski definition) is 4. The second kappa shape index (κ2) is 11.8. The summed E-state index contributed by atoms with van der Waals surface area (Å²) < 4.78 is 94.7. The Morgan fingerprint density at radius 1 is 0.872 bits per heavy atom. The molecule has 10 heteroatoms. The first kappa shape index (κ1) is 30.8. The lowest BCUT2D eigenvalue weighted by molar-refractivity contribution is -0.343. The first-order valence-corrected chi connectivity index (χ1v) is 12.6. The molecular weight excluding hydrogens is 526 g/mol. The van der Waals surface area contributed by atoms with Crippen molar-refractivity contribution in [3.8, 4) is 17.6 Å². The van der Waals surface area contributed by atoms with Crippen LogP contribution in [0.15, 0.2) is 36.4 Å². The Kier molecular flexibility index (Phi) is 9.31. The second-order valence-corrected chi connectivity index (χ2v) is 9.79. The molecule has 0 saturated carbocycles. The number of aryl methyl sites for hydroxylation is 2. The highest BCUT2D eigenvalue weighted by Crippen LogP contribution is 2.43. The van der Waals surface area contributed by atoms with Gasteiger partial charge < -0.3 is 19.3 Å². The zero-order valence-corrected chi connectivity index (χ0v) is 22.2. The molecule has 1 aliphatic rings. The number of halogens is 6. The third-order valence-corrected chi connectivity index (χ3v) is 7.26. The van der Waals surface area contributed by atoms with E-state index in [9.17, 15) is 31.4 Å². The van der Waals surface area contributed by atoms with Crippen LogP contribution in [-0.2, 0) is 14.9 Å². The third kappa shape index (κ3) is 6.37. The molecule has 0 amide bonds. The average Bonchev–Trinajstić information content (AvgIpc) is 2.88. The van der Waals surface area contributed by atoms with Gasteiger partial charge in [-0.05, 0) is 67.0 Å². The van der Waals surface area contributed by atoms with Gasteiger partial charge in [0.05, 0.1) is 19.8 Å². The van der Waals surface area contributed by atoms with Crippen molar-refractivity contribution in [2.75, 3.05) is 26.6 Å². The van der Waals surface area contributed by atoms with Gasteiger partial charge in [0.25, 0.3) is 0 Å². The summed E-state index contributed by atoms with van der Waals surface area (Å²) in [6.45, 7) is 9.40. The summed E-state index contributed by atoms with van der Waals surface area (Å²) in [5.74, 6) is 3.80. The Balaban J connectivity index is 1.92. The lowest BCUT2D eigenvalue weighted by Crippen LogP contribution is -2.55. The molecule has 0 aliphatic carbocycles. The largest absolute Gasteiger partial charge is 0.493 e. The van der Waals surface area contributed by atoms with Crippen molar-refractivity contribution in [3.63, 3.8) is 0 Å². The third-order valence-electron chi connectivity index (χ3n) is 7.26. The van der Waals surface area contributed by atoms with Crippen molar-refractivity contribution < 1.29 is 45.7 Å². The molecule has 0 unspecified atom stereocenters. The fourth-order valence-corrected chi connectivity index (χ4v) is 4.74. The fraction of sp³-hybridized carbons (Fsp3) is 0.517. The van der Waals surface area contributed by atoms with Gasteiger partial charge in [0.2, 0.25) is 0 Å². The van der Waals surface area contributed by atoms with Gasteiger partial charge in [0.1, 0.15) is 12.5 Å². The standard InChI is InChI=1S/C29H32F6O4/c1-5-26(6-2,24-9-10-25(20(4)14-24)39-17-21-15-37-18-38-16-21)23-8-7-22(19(3)13-23)11-12-27(36,28(30,31)32)29(33,34)35/h7-10,13-14,21,36H,5-6,15-18H2,1-4H3. The van der Waals surface area contributed by atoms with E-state index in [4.69, 9.17) is 14.2 Å². The zero-order chi connectivity index (χ0) is 29.1. The number of hydrogen-bond donors (Lipinski definition) is 1. The quantitative estimate of drug-likeness (QED) is 0.307. The maximum absolute atomic E-state index is 13.0.